The lowest BCUT2D eigenvalue weighted by molar-refractivity contribution is 0.386. The summed E-state index contributed by atoms with van der Waals surface area (Å²) in [5, 5.41) is 8.96. The van der Waals surface area contributed by atoms with E-state index in [1.54, 1.807) is 0 Å². The minimum atomic E-state index is 0.465. The van der Waals surface area contributed by atoms with Crippen molar-refractivity contribution in [1.82, 2.24) is 0 Å². The highest BCUT2D eigenvalue weighted by molar-refractivity contribution is 9.11. The monoisotopic (exact) mass is 174 g/mol. The van der Waals surface area contributed by atoms with E-state index in [9.17, 15) is 0 Å². The Bertz CT molecular complexity index is 147. The van der Waals surface area contributed by atoms with E-state index in [0.717, 1.165) is 17.3 Å². The lowest BCUT2D eigenvalue weighted by atomic mass is 10.2. The number of halogens is 1. The van der Waals surface area contributed by atoms with Gasteiger partial charge in [-0.05, 0) is 28.4 Å². The van der Waals surface area contributed by atoms with E-state index in [-0.39, 0.29) is 0 Å². The average Bonchev–Trinajstić information content (AvgIpc) is 1.77. The molecule has 44 valence electrons. The smallest absolute Gasteiger partial charge is 0.107 e. The number of allylic oxidation sites excluding steroid dienone is 4. The Kier molecular flexibility index (Phi) is 1.73. The zero-order chi connectivity index (χ0) is 5.98. The van der Waals surface area contributed by atoms with Crippen LogP contribution in [0.1, 0.15) is 12.8 Å². The van der Waals surface area contributed by atoms with Gasteiger partial charge in [-0.25, -0.2) is 0 Å². The van der Waals surface area contributed by atoms with Gasteiger partial charge in [0.15, 0.2) is 0 Å². The van der Waals surface area contributed by atoms with Crippen LogP contribution in [0.3, 0.4) is 0 Å². The van der Waals surface area contributed by atoms with Gasteiger partial charge >= 0.3 is 0 Å². The quantitative estimate of drug-likeness (QED) is 0.599. The van der Waals surface area contributed by atoms with Crippen molar-refractivity contribution in [3.8, 4) is 0 Å². The largest absolute Gasteiger partial charge is 0.511 e. The summed E-state index contributed by atoms with van der Waals surface area (Å²) in [6.45, 7) is 0. The molecule has 0 unspecified atom stereocenters. The molecule has 0 aromatic heterocycles. The van der Waals surface area contributed by atoms with Crippen LogP contribution in [0.15, 0.2) is 22.4 Å². The van der Waals surface area contributed by atoms with Crippen LogP contribution >= 0.6 is 15.9 Å². The first kappa shape index (κ1) is 5.89. The van der Waals surface area contributed by atoms with Gasteiger partial charge in [-0.2, -0.15) is 0 Å². The molecule has 0 bridgehead atoms. The van der Waals surface area contributed by atoms with Gasteiger partial charge < -0.3 is 5.11 Å². The van der Waals surface area contributed by atoms with Crippen molar-refractivity contribution >= 4 is 15.9 Å². The first-order valence-corrected chi connectivity index (χ1v) is 3.34. The van der Waals surface area contributed by atoms with E-state index in [1.165, 1.54) is 0 Å². The number of hydrogen-bond donors (Lipinski definition) is 1. The van der Waals surface area contributed by atoms with Crippen molar-refractivity contribution in [1.29, 1.82) is 0 Å². The van der Waals surface area contributed by atoms with Crippen LogP contribution < -0.4 is 0 Å². The molecule has 0 atom stereocenters. The first-order valence-electron chi connectivity index (χ1n) is 2.55. The molecule has 1 aliphatic carbocycles. The molecule has 0 heterocycles. The van der Waals surface area contributed by atoms with Gasteiger partial charge in [0.05, 0.1) is 4.48 Å². The Balaban J connectivity index is 2.76. The van der Waals surface area contributed by atoms with Gasteiger partial charge in [-0.3, -0.25) is 0 Å². The van der Waals surface area contributed by atoms with E-state index in [4.69, 9.17) is 5.11 Å². The molecular weight excluding hydrogens is 168 g/mol. The Morgan fingerprint density at radius 1 is 1.62 bits per heavy atom. The Hall–Kier alpha value is -0.240. The molecular formula is C6H7BrO. The highest BCUT2D eigenvalue weighted by Crippen LogP contribution is 2.20. The fourth-order valence-corrected chi connectivity index (χ4v) is 1.01. The molecule has 1 nitrogen and oxygen atoms in total. The van der Waals surface area contributed by atoms with E-state index in [0.29, 0.717) is 5.76 Å². The molecule has 1 rings (SSSR count). The summed E-state index contributed by atoms with van der Waals surface area (Å²) >= 11 is 3.20. The highest BCUT2D eigenvalue weighted by atomic mass is 79.9. The van der Waals surface area contributed by atoms with Crippen LogP contribution in [-0.4, -0.2) is 5.11 Å². The third kappa shape index (κ3) is 1.13. The lowest BCUT2D eigenvalue weighted by Crippen LogP contribution is -1.86. The zero-order valence-corrected chi connectivity index (χ0v) is 5.98. The minimum absolute atomic E-state index is 0.465. The molecule has 2 heteroatoms. The molecule has 0 radical (unpaired) electrons. The predicted octanol–water partition coefficient (Wildman–Crippen LogP) is 2.50. The molecule has 0 aromatic carbocycles. The van der Waals surface area contributed by atoms with E-state index in [2.05, 4.69) is 15.9 Å². The van der Waals surface area contributed by atoms with Crippen molar-refractivity contribution in [2.75, 3.05) is 0 Å². The summed E-state index contributed by atoms with van der Waals surface area (Å²) in [6.07, 6.45) is 5.64. The van der Waals surface area contributed by atoms with Gasteiger partial charge in [0.25, 0.3) is 0 Å². The van der Waals surface area contributed by atoms with Crippen molar-refractivity contribution in [2.45, 2.75) is 12.8 Å². The van der Waals surface area contributed by atoms with Crippen molar-refractivity contribution < 1.29 is 5.11 Å². The van der Waals surface area contributed by atoms with E-state index >= 15 is 0 Å². The van der Waals surface area contributed by atoms with Gasteiger partial charge in [0.2, 0.25) is 0 Å². The second-order valence-corrected chi connectivity index (χ2v) is 2.59. The number of rotatable bonds is 0. The summed E-state index contributed by atoms with van der Waals surface area (Å²) in [7, 11) is 0. The maximum atomic E-state index is 8.96. The lowest BCUT2D eigenvalue weighted by Gasteiger charge is -2.02. The Morgan fingerprint density at radius 3 is 2.75 bits per heavy atom. The molecule has 8 heavy (non-hydrogen) atoms. The summed E-state index contributed by atoms with van der Waals surface area (Å²) in [4.78, 5) is 0. The molecule has 1 N–H and O–H groups in total. The third-order valence-corrected chi connectivity index (χ3v) is 1.81. The van der Waals surface area contributed by atoms with Crippen LogP contribution in [0.5, 0.6) is 0 Å². The highest BCUT2D eigenvalue weighted by Gasteiger charge is 2.01. The fraction of sp³-hybridized carbons (Fsp3) is 0.333. The molecule has 0 amide bonds. The SMILES string of the molecule is OC1=C(Br)C=CCC1. The van der Waals surface area contributed by atoms with Crippen molar-refractivity contribution in [2.24, 2.45) is 0 Å². The summed E-state index contributed by atoms with van der Waals surface area (Å²) < 4.78 is 0.823. The van der Waals surface area contributed by atoms with Crippen LogP contribution in [0.4, 0.5) is 0 Å². The number of hydrogen-bond acceptors (Lipinski definition) is 1. The Morgan fingerprint density at radius 2 is 2.38 bits per heavy atom. The summed E-state index contributed by atoms with van der Waals surface area (Å²) in [6, 6.07) is 0. The summed E-state index contributed by atoms with van der Waals surface area (Å²) in [5.41, 5.74) is 0. The third-order valence-electron chi connectivity index (χ3n) is 1.09. The molecule has 1 aliphatic rings. The second-order valence-electron chi connectivity index (χ2n) is 1.74. The fourth-order valence-electron chi connectivity index (χ4n) is 0.622. The predicted molar refractivity (Wildman–Crippen MR) is 37.0 cm³/mol. The first-order chi connectivity index (χ1) is 3.80. The van der Waals surface area contributed by atoms with E-state index in [1.807, 2.05) is 12.2 Å². The van der Waals surface area contributed by atoms with Crippen LogP contribution in [-0.2, 0) is 0 Å². The maximum absolute atomic E-state index is 8.96. The topological polar surface area (TPSA) is 20.2 Å². The standard InChI is InChI=1S/C6H7BrO/c7-5-3-1-2-4-6(5)8/h1,3,8H,2,4H2. The molecule has 0 saturated heterocycles. The maximum Gasteiger partial charge on any atom is 0.107 e. The zero-order valence-electron chi connectivity index (χ0n) is 4.39. The second kappa shape index (κ2) is 2.35. The van der Waals surface area contributed by atoms with Gasteiger partial charge in [0, 0.05) is 6.42 Å². The Labute approximate surface area is 56.8 Å². The molecule has 0 saturated carbocycles. The molecule has 0 fully saturated rings. The minimum Gasteiger partial charge on any atom is -0.511 e. The average molecular weight is 175 g/mol. The van der Waals surface area contributed by atoms with Gasteiger partial charge in [0.1, 0.15) is 5.76 Å². The number of aliphatic hydroxyl groups is 1. The molecule has 0 aromatic rings. The normalized spacial score (nSPS) is 19.6. The molecule has 0 spiro atoms. The van der Waals surface area contributed by atoms with Crippen LogP contribution in [0.2, 0.25) is 0 Å². The van der Waals surface area contributed by atoms with E-state index < -0.39 is 0 Å². The van der Waals surface area contributed by atoms with Gasteiger partial charge in [-0.1, -0.05) is 6.08 Å². The van der Waals surface area contributed by atoms with Crippen molar-refractivity contribution in [3.63, 3.8) is 0 Å². The molecule has 0 aliphatic heterocycles. The van der Waals surface area contributed by atoms with Crippen molar-refractivity contribution in [3.05, 3.63) is 22.4 Å². The number of aliphatic hydroxyl groups excluding tert-OH is 1. The van der Waals surface area contributed by atoms with Crippen LogP contribution in [0, 0.1) is 0 Å². The van der Waals surface area contributed by atoms with Gasteiger partial charge in [-0.15, -0.1) is 0 Å². The summed E-state index contributed by atoms with van der Waals surface area (Å²) in [5.74, 6) is 0.465. The van der Waals surface area contributed by atoms with Crippen LogP contribution in [0.25, 0.3) is 0 Å².